The predicted molar refractivity (Wildman–Crippen MR) is 112 cm³/mol. The van der Waals surface area contributed by atoms with Crippen molar-refractivity contribution in [2.75, 3.05) is 40.0 Å². The number of hydrogen-bond donors (Lipinski definition) is 1. The highest BCUT2D eigenvalue weighted by Crippen LogP contribution is 2.34. The highest BCUT2D eigenvalue weighted by Gasteiger charge is 2.37. The Morgan fingerprint density at radius 1 is 1.30 bits per heavy atom. The molecule has 2 aromatic rings. The van der Waals surface area contributed by atoms with Gasteiger partial charge in [0.15, 0.2) is 11.5 Å². The zero-order chi connectivity index (χ0) is 20.8. The van der Waals surface area contributed by atoms with Crippen molar-refractivity contribution in [3.05, 3.63) is 42.5 Å². The Labute approximate surface area is 177 Å². The van der Waals surface area contributed by atoms with E-state index in [0.717, 1.165) is 56.1 Å². The van der Waals surface area contributed by atoms with Crippen LogP contribution < -0.4 is 14.8 Å². The number of likely N-dealkylation sites (tertiary alicyclic amines) is 1. The van der Waals surface area contributed by atoms with Crippen LogP contribution in [0.4, 0.5) is 0 Å². The molecular weight excluding hydrogens is 384 g/mol. The van der Waals surface area contributed by atoms with Gasteiger partial charge in [0.2, 0.25) is 5.91 Å². The fourth-order valence-electron chi connectivity index (χ4n) is 4.12. The topological polar surface area (TPSA) is 77.9 Å². The molecule has 0 bridgehead atoms. The molecule has 4 rings (SSSR count). The number of carbonyl (C=O) groups is 1. The largest absolute Gasteiger partial charge is 0.493 e. The predicted octanol–water partition coefficient (Wildman–Crippen LogP) is 1.84. The van der Waals surface area contributed by atoms with Crippen LogP contribution in [-0.4, -0.2) is 65.9 Å². The van der Waals surface area contributed by atoms with Crippen molar-refractivity contribution in [2.24, 2.45) is 0 Å². The molecular formula is C22H30N4O4. The van der Waals surface area contributed by atoms with Crippen molar-refractivity contribution in [1.82, 2.24) is 19.8 Å². The molecule has 1 N–H and O–H groups in total. The molecule has 8 heteroatoms. The molecule has 2 fully saturated rings. The number of ether oxygens (including phenoxy) is 3. The molecule has 1 spiro atoms. The Kier molecular flexibility index (Phi) is 6.54. The van der Waals surface area contributed by atoms with Crippen LogP contribution in [0.25, 0.3) is 0 Å². The fourth-order valence-corrected chi connectivity index (χ4v) is 4.12. The zero-order valence-electron chi connectivity index (χ0n) is 17.5. The molecule has 30 heavy (non-hydrogen) atoms. The van der Waals surface area contributed by atoms with Gasteiger partial charge in [0.1, 0.15) is 6.61 Å². The molecule has 2 aliphatic rings. The summed E-state index contributed by atoms with van der Waals surface area (Å²) in [5.74, 6) is 1.64. The number of methoxy groups -OCH3 is 1. The van der Waals surface area contributed by atoms with Crippen LogP contribution in [0.2, 0.25) is 0 Å². The van der Waals surface area contributed by atoms with E-state index in [1.807, 2.05) is 22.9 Å². The summed E-state index contributed by atoms with van der Waals surface area (Å²) in [5, 5.41) is 3.00. The molecule has 0 aliphatic carbocycles. The molecule has 1 aromatic heterocycles. The minimum atomic E-state index is -0.221. The van der Waals surface area contributed by atoms with Crippen molar-refractivity contribution in [3.8, 4) is 11.5 Å². The van der Waals surface area contributed by atoms with Crippen molar-refractivity contribution < 1.29 is 19.0 Å². The molecule has 0 atom stereocenters. The Hall–Kier alpha value is -2.58. The SMILES string of the molecule is COc1cccc(CN2CCC3(CC2)CNC(=O)CCO3)c1OCCn1ccnc1. The number of nitrogens with one attached hydrogen (secondary N) is 1. The van der Waals surface area contributed by atoms with E-state index in [9.17, 15) is 4.79 Å². The average molecular weight is 415 g/mol. The van der Waals surface area contributed by atoms with Gasteiger partial charge in [0.05, 0.1) is 32.2 Å². The summed E-state index contributed by atoms with van der Waals surface area (Å²) >= 11 is 0. The average Bonchev–Trinajstić information content (AvgIpc) is 3.22. The van der Waals surface area contributed by atoms with Crippen LogP contribution in [0.15, 0.2) is 36.9 Å². The van der Waals surface area contributed by atoms with Crippen molar-refractivity contribution >= 4 is 5.91 Å². The molecule has 2 aliphatic heterocycles. The summed E-state index contributed by atoms with van der Waals surface area (Å²) in [4.78, 5) is 18.1. The zero-order valence-corrected chi connectivity index (χ0v) is 17.5. The summed E-state index contributed by atoms with van der Waals surface area (Å²) in [6, 6.07) is 6.04. The minimum Gasteiger partial charge on any atom is -0.493 e. The second-order valence-corrected chi connectivity index (χ2v) is 7.93. The highest BCUT2D eigenvalue weighted by atomic mass is 16.5. The first-order valence-electron chi connectivity index (χ1n) is 10.5. The molecule has 1 amide bonds. The lowest BCUT2D eigenvalue weighted by atomic mass is 9.90. The van der Waals surface area contributed by atoms with Gasteiger partial charge >= 0.3 is 0 Å². The molecule has 3 heterocycles. The van der Waals surface area contributed by atoms with Crippen LogP contribution in [0.5, 0.6) is 11.5 Å². The number of carbonyl (C=O) groups excluding carboxylic acids is 1. The second-order valence-electron chi connectivity index (χ2n) is 7.93. The number of hydrogen-bond acceptors (Lipinski definition) is 6. The van der Waals surface area contributed by atoms with Crippen molar-refractivity contribution in [3.63, 3.8) is 0 Å². The fraction of sp³-hybridized carbons (Fsp3) is 0.545. The van der Waals surface area contributed by atoms with Gasteiger partial charge in [-0.2, -0.15) is 0 Å². The van der Waals surface area contributed by atoms with E-state index >= 15 is 0 Å². The lowest BCUT2D eigenvalue weighted by Crippen LogP contribution is -2.50. The van der Waals surface area contributed by atoms with Gasteiger partial charge in [-0.1, -0.05) is 12.1 Å². The lowest BCUT2D eigenvalue weighted by Gasteiger charge is -2.41. The molecule has 8 nitrogen and oxygen atoms in total. The summed E-state index contributed by atoms with van der Waals surface area (Å²) in [5.41, 5.74) is 0.896. The number of piperidine rings is 1. The highest BCUT2D eigenvalue weighted by molar-refractivity contribution is 5.76. The molecule has 0 radical (unpaired) electrons. The van der Waals surface area contributed by atoms with E-state index in [1.54, 1.807) is 19.6 Å². The van der Waals surface area contributed by atoms with Gasteiger partial charge in [0, 0.05) is 50.6 Å². The van der Waals surface area contributed by atoms with Crippen molar-refractivity contribution in [2.45, 2.75) is 38.0 Å². The van der Waals surface area contributed by atoms with Gasteiger partial charge in [-0.25, -0.2) is 4.98 Å². The molecule has 2 saturated heterocycles. The smallest absolute Gasteiger partial charge is 0.222 e. The van der Waals surface area contributed by atoms with E-state index in [-0.39, 0.29) is 11.5 Å². The molecule has 0 unspecified atom stereocenters. The number of rotatable bonds is 7. The van der Waals surface area contributed by atoms with E-state index < -0.39 is 0 Å². The second kappa shape index (κ2) is 9.49. The van der Waals surface area contributed by atoms with Gasteiger partial charge in [-0.05, 0) is 18.9 Å². The molecule has 0 saturated carbocycles. The van der Waals surface area contributed by atoms with Gasteiger partial charge in [-0.15, -0.1) is 0 Å². The monoisotopic (exact) mass is 414 g/mol. The first-order chi connectivity index (χ1) is 14.7. The standard InChI is InChI=1S/C22H30N4O4/c1-28-19-4-2-3-18(21(19)29-14-12-26-11-8-23-17-26)15-25-9-6-22(7-10-25)16-24-20(27)5-13-30-22/h2-4,8,11,17H,5-7,9-10,12-16H2,1H3,(H,24,27). The maximum atomic E-state index is 11.6. The van der Waals surface area contributed by atoms with Gasteiger partial charge < -0.3 is 24.1 Å². The van der Waals surface area contributed by atoms with E-state index in [1.165, 1.54) is 0 Å². The first kappa shape index (κ1) is 20.7. The van der Waals surface area contributed by atoms with E-state index in [4.69, 9.17) is 14.2 Å². The Morgan fingerprint density at radius 3 is 2.93 bits per heavy atom. The maximum Gasteiger partial charge on any atom is 0.222 e. The summed E-state index contributed by atoms with van der Waals surface area (Å²) < 4.78 is 19.8. The Balaban J connectivity index is 1.37. The van der Waals surface area contributed by atoms with Crippen LogP contribution >= 0.6 is 0 Å². The first-order valence-corrected chi connectivity index (χ1v) is 10.5. The number of amides is 1. The number of imidazole rings is 1. The number of nitrogens with zero attached hydrogens (tertiary/aromatic N) is 3. The number of aromatic nitrogens is 2. The van der Waals surface area contributed by atoms with Crippen LogP contribution in [0.3, 0.4) is 0 Å². The molecule has 162 valence electrons. The van der Waals surface area contributed by atoms with E-state index in [0.29, 0.717) is 26.2 Å². The third kappa shape index (κ3) is 4.94. The normalized spacial score (nSPS) is 19.3. The molecule has 1 aromatic carbocycles. The third-order valence-corrected chi connectivity index (χ3v) is 5.94. The quantitative estimate of drug-likeness (QED) is 0.745. The van der Waals surface area contributed by atoms with Crippen LogP contribution in [0.1, 0.15) is 24.8 Å². The summed E-state index contributed by atoms with van der Waals surface area (Å²) in [6.07, 6.45) is 7.75. The summed E-state index contributed by atoms with van der Waals surface area (Å²) in [7, 11) is 1.67. The van der Waals surface area contributed by atoms with Crippen LogP contribution in [-0.2, 0) is 22.6 Å². The van der Waals surface area contributed by atoms with Gasteiger partial charge in [-0.3, -0.25) is 9.69 Å². The lowest BCUT2D eigenvalue weighted by molar-refractivity contribution is -0.120. The summed E-state index contributed by atoms with van der Waals surface area (Å²) in [6.45, 7) is 5.02. The Bertz CT molecular complexity index is 832. The number of benzene rings is 1. The van der Waals surface area contributed by atoms with Crippen molar-refractivity contribution in [1.29, 1.82) is 0 Å². The van der Waals surface area contributed by atoms with Crippen LogP contribution in [0, 0.1) is 0 Å². The minimum absolute atomic E-state index is 0.0863. The third-order valence-electron chi connectivity index (χ3n) is 5.94. The number of para-hydroxylation sites is 1. The Morgan fingerprint density at radius 2 is 2.17 bits per heavy atom. The van der Waals surface area contributed by atoms with E-state index in [2.05, 4.69) is 21.3 Å². The van der Waals surface area contributed by atoms with Gasteiger partial charge in [0.25, 0.3) is 0 Å². The maximum absolute atomic E-state index is 11.6.